The summed E-state index contributed by atoms with van der Waals surface area (Å²) in [6.07, 6.45) is 2.84. The highest BCUT2D eigenvalue weighted by molar-refractivity contribution is 9.10. The number of aromatic nitrogens is 2. The van der Waals surface area contributed by atoms with Crippen molar-refractivity contribution >= 4 is 21.6 Å². The summed E-state index contributed by atoms with van der Waals surface area (Å²) in [6.45, 7) is 5.28. The van der Waals surface area contributed by atoms with Crippen LogP contribution in [0.4, 0.5) is 5.69 Å². The molecule has 0 fully saturated rings. The number of hydrogen-bond donors (Lipinski definition) is 0. The van der Waals surface area contributed by atoms with Gasteiger partial charge in [0, 0.05) is 20.6 Å². The maximum absolute atomic E-state index is 11.7. The van der Waals surface area contributed by atoms with Crippen molar-refractivity contribution in [3.63, 3.8) is 0 Å². The maximum atomic E-state index is 11.7. The Balaban J connectivity index is 2.96. The lowest BCUT2D eigenvalue weighted by Gasteiger charge is -2.23. The quantitative estimate of drug-likeness (QED) is 0.851. The molecule has 0 amide bonds. The van der Waals surface area contributed by atoms with Gasteiger partial charge in [0.05, 0.1) is 11.9 Å². The zero-order valence-electron chi connectivity index (χ0n) is 10.2. The van der Waals surface area contributed by atoms with Gasteiger partial charge in [0.1, 0.15) is 4.47 Å². The first-order valence-corrected chi connectivity index (χ1v) is 6.19. The van der Waals surface area contributed by atoms with Crippen LogP contribution in [0.5, 0.6) is 0 Å². The first-order chi connectivity index (χ1) is 7.47. The van der Waals surface area contributed by atoms with E-state index in [0.29, 0.717) is 10.4 Å². The first kappa shape index (κ1) is 13.2. The van der Waals surface area contributed by atoms with Crippen molar-refractivity contribution in [2.24, 2.45) is 13.0 Å². The molecule has 0 bridgehead atoms. The molecule has 0 saturated heterocycles. The minimum atomic E-state index is -0.103. The second-order valence-corrected chi connectivity index (χ2v) is 4.96. The summed E-state index contributed by atoms with van der Waals surface area (Å²) in [7, 11) is 3.62. The number of anilines is 1. The van der Waals surface area contributed by atoms with Crippen LogP contribution in [-0.2, 0) is 7.05 Å². The highest BCUT2D eigenvalue weighted by Crippen LogP contribution is 2.21. The average molecular weight is 288 g/mol. The summed E-state index contributed by atoms with van der Waals surface area (Å²) in [5.74, 6) is 0.598. The maximum Gasteiger partial charge on any atom is 0.282 e. The lowest BCUT2D eigenvalue weighted by atomic mass is 10.1. The van der Waals surface area contributed by atoms with Gasteiger partial charge in [-0.25, -0.2) is 4.68 Å². The minimum absolute atomic E-state index is 0.103. The SMILES string of the molecule is CCC(C)CN(C)c1cnn(C)c(=O)c1Br. The molecular formula is C11H18BrN3O. The standard InChI is InChI=1S/C11H18BrN3O/c1-5-8(2)7-14(3)9-6-13-15(4)11(16)10(9)12/h6,8H,5,7H2,1-4H3. The van der Waals surface area contributed by atoms with E-state index in [4.69, 9.17) is 0 Å². The number of hydrogen-bond acceptors (Lipinski definition) is 3. The smallest absolute Gasteiger partial charge is 0.282 e. The summed E-state index contributed by atoms with van der Waals surface area (Å²) in [4.78, 5) is 13.7. The monoisotopic (exact) mass is 287 g/mol. The van der Waals surface area contributed by atoms with Crippen molar-refractivity contribution in [2.75, 3.05) is 18.5 Å². The number of aryl methyl sites for hydroxylation is 1. The van der Waals surface area contributed by atoms with Crippen molar-refractivity contribution < 1.29 is 0 Å². The van der Waals surface area contributed by atoms with Crippen molar-refractivity contribution in [1.82, 2.24) is 9.78 Å². The summed E-state index contributed by atoms with van der Waals surface area (Å²) in [5.41, 5.74) is 0.747. The Hall–Kier alpha value is -0.840. The van der Waals surface area contributed by atoms with Crippen molar-refractivity contribution in [1.29, 1.82) is 0 Å². The second kappa shape index (κ2) is 5.48. The lowest BCUT2D eigenvalue weighted by molar-refractivity contribution is 0.557. The van der Waals surface area contributed by atoms with E-state index < -0.39 is 0 Å². The van der Waals surface area contributed by atoms with E-state index in [-0.39, 0.29) is 5.56 Å². The van der Waals surface area contributed by atoms with Crippen LogP contribution in [0.1, 0.15) is 20.3 Å². The van der Waals surface area contributed by atoms with Crippen molar-refractivity contribution in [3.05, 3.63) is 21.0 Å². The average Bonchev–Trinajstić information content (AvgIpc) is 2.25. The first-order valence-electron chi connectivity index (χ1n) is 5.40. The topological polar surface area (TPSA) is 38.1 Å². The Morgan fingerprint density at radius 2 is 2.25 bits per heavy atom. The fraction of sp³-hybridized carbons (Fsp3) is 0.636. The Kier molecular flexibility index (Phi) is 4.53. The third-order valence-electron chi connectivity index (χ3n) is 2.75. The molecule has 0 saturated carbocycles. The van der Waals surface area contributed by atoms with Gasteiger partial charge in [0.15, 0.2) is 0 Å². The molecular weight excluding hydrogens is 270 g/mol. The van der Waals surface area contributed by atoms with Crippen LogP contribution >= 0.6 is 15.9 Å². The zero-order valence-corrected chi connectivity index (χ0v) is 11.8. The third-order valence-corrected chi connectivity index (χ3v) is 3.50. The number of nitrogens with zero attached hydrogens (tertiary/aromatic N) is 3. The molecule has 0 radical (unpaired) electrons. The molecule has 0 aliphatic carbocycles. The molecule has 0 aliphatic rings. The van der Waals surface area contributed by atoms with Gasteiger partial charge < -0.3 is 4.90 Å². The van der Waals surface area contributed by atoms with Gasteiger partial charge in [0.25, 0.3) is 5.56 Å². The van der Waals surface area contributed by atoms with Crippen LogP contribution in [0.25, 0.3) is 0 Å². The predicted octanol–water partition coefficient (Wildman–Crippen LogP) is 2.03. The van der Waals surface area contributed by atoms with Gasteiger partial charge in [-0.15, -0.1) is 0 Å². The van der Waals surface area contributed by atoms with E-state index in [1.165, 1.54) is 4.68 Å². The highest BCUT2D eigenvalue weighted by atomic mass is 79.9. The molecule has 0 spiro atoms. The molecule has 1 unspecified atom stereocenters. The summed E-state index contributed by atoms with van der Waals surface area (Å²) < 4.78 is 1.90. The molecule has 1 aromatic heterocycles. The summed E-state index contributed by atoms with van der Waals surface area (Å²) in [6, 6.07) is 0. The van der Waals surface area contributed by atoms with Crippen LogP contribution in [0, 0.1) is 5.92 Å². The molecule has 1 aromatic rings. The van der Waals surface area contributed by atoms with E-state index in [1.54, 1.807) is 13.2 Å². The van der Waals surface area contributed by atoms with E-state index in [1.807, 2.05) is 7.05 Å². The van der Waals surface area contributed by atoms with Gasteiger partial charge in [0.2, 0.25) is 0 Å². The van der Waals surface area contributed by atoms with Gasteiger partial charge in [-0.1, -0.05) is 20.3 Å². The molecule has 16 heavy (non-hydrogen) atoms. The minimum Gasteiger partial charge on any atom is -0.372 e. The molecule has 1 atom stereocenters. The van der Waals surface area contributed by atoms with Crippen molar-refractivity contribution in [3.8, 4) is 0 Å². The molecule has 1 rings (SSSR count). The molecule has 0 aromatic carbocycles. The largest absolute Gasteiger partial charge is 0.372 e. The second-order valence-electron chi connectivity index (χ2n) is 4.17. The van der Waals surface area contributed by atoms with Crippen molar-refractivity contribution in [2.45, 2.75) is 20.3 Å². The van der Waals surface area contributed by atoms with Gasteiger partial charge >= 0.3 is 0 Å². The van der Waals surface area contributed by atoms with Crippen LogP contribution in [0.15, 0.2) is 15.5 Å². The fourth-order valence-corrected chi connectivity index (χ4v) is 2.12. The van der Waals surface area contributed by atoms with Gasteiger partial charge in [-0.3, -0.25) is 4.79 Å². The van der Waals surface area contributed by atoms with Gasteiger partial charge in [-0.05, 0) is 21.8 Å². The molecule has 0 N–H and O–H groups in total. The summed E-state index contributed by atoms with van der Waals surface area (Å²) >= 11 is 3.33. The third kappa shape index (κ3) is 2.84. The number of halogens is 1. The fourth-order valence-electron chi connectivity index (χ4n) is 1.46. The van der Waals surface area contributed by atoms with Crippen LogP contribution in [0.2, 0.25) is 0 Å². The van der Waals surface area contributed by atoms with Gasteiger partial charge in [-0.2, -0.15) is 5.10 Å². The Morgan fingerprint density at radius 1 is 1.62 bits per heavy atom. The van der Waals surface area contributed by atoms with E-state index in [0.717, 1.165) is 18.7 Å². The normalized spacial score (nSPS) is 12.6. The molecule has 90 valence electrons. The predicted molar refractivity (Wildman–Crippen MR) is 69.9 cm³/mol. The van der Waals surface area contributed by atoms with E-state index in [2.05, 4.69) is 39.8 Å². The summed E-state index contributed by atoms with van der Waals surface area (Å²) in [5, 5.41) is 4.03. The number of rotatable bonds is 4. The molecule has 1 heterocycles. The van der Waals surface area contributed by atoms with Crippen LogP contribution in [0.3, 0.4) is 0 Å². The molecule has 4 nitrogen and oxygen atoms in total. The Morgan fingerprint density at radius 3 is 2.81 bits per heavy atom. The lowest BCUT2D eigenvalue weighted by Crippen LogP contribution is -2.28. The van der Waals surface area contributed by atoms with E-state index >= 15 is 0 Å². The van der Waals surface area contributed by atoms with Crippen LogP contribution in [-0.4, -0.2) is 23.4 Å². The zero-order chi connectivity index (χ0) is 12.3. The van der Waals surface area contributed by atoms with E-state index in [9.17, 15) is 4.79 Å². The highest BCUT2D eigenvalue weighted by Gasteiger charge is 2.12. The Labute approximate surface area is 104 Å². The molecule has 5 heteroatoms. The van der Waals surface area contributed by atoms with Crippen LogP contribution < -0.4 is 10.5 Å². The molecule has 0 aliphatic heterocycles. The Bertz CT molecular complexity index is 416.